The quantitative estimate of drug-likeness (QED) is 0.673. The van der Waals surface area contributed by atoms with E-state index in [-0.39, 0.29) is 23.8 Å². The Morgan fingerprint density at radius 1 is 1.28 bits per heavy atom. The van der Waals surface area contributed by atoms with Crippen molar-refractivity contribution in [3.8, 4) is 11.3 Å². The van der Waals surface area contributed by atoms with Crippen molar-refractivity contribution >= 4 is 11.7 Å². The first-order valence-corrected chi connectivity index (χ1v) is 8.34. The van der Waals surface area contributed by atoms with Crippen LogP contribution in [0.2, 0.25) is 0 Å². The predicted octanol–water partition coefficient (Wildman–Crippen LogP) is 1.49. The van der Waals surface area contributed by atoms with Crippen LogP contribution < -0.4 is 16.2 Å². The summed E-state index contributed by atoms with van der Waals surface area (Å²) in [6, 6.07) is 9.41. The zero-order valence-electron chi connectivity index (χ0n) is 14.6. The van der Waals surface area contributed by atoms with Gasteiger partial charge in [0.15, 0.2) is 5.82 Å². The molecule has 0 unspecified atom stereocenters. The number of nitrogens with one attached hydrogen (secondary N) is 2. The lowest BCUT2D eigenvalue weighted by Gasteiger charge is -2.14. The van der Waals surface area contributed by atoms with Gasteiger partial charge in [-0.2, -0.15) is 0 Å². The van der Waals surface area contributed by atoms with Gasteiger partial charge in [-0.05, 0) is 18.9 Å². The summed E-state index contributed by atoms with van der Waals surface area (Å²) in [7, 11) is 1.55. The fraction of sp³-hybridized carbons (Fsp3) is 0.389. The van der Waals surface area contributed by atoms with E-state index in [9.17, 15) is 9.59 Å². The maximum atomic E-state index is 12.8. The van der Waals surface area contributed by atoms with Gasteiger partial charge in [0, 0.05) is 26.8 Å². The zero-order chi connectivity index (χ0) is 18.1. The zero-order valence-corrected chi connectivity index (χ0v) is 14.6. The summed E-state index contributed by atoms with van der Waals surface area (Å²) in [4.78, 5) is 28.8. The summed E-state index contributed by atoms with van der Waals surface area (Å²) in [5.41, 5.74) is 1.12. The number of nitrogens with zero attached hydrogens (tertiary/aromatic N) is 2. The van der Waals surface area contributed by atoms with Gasteiger partial charge in [-0.3, -0.25) is 14.2 Å². The Hall–Kier alpha value is -2.67. The fourth-order valence-corrected chi connectivity index (χ4v) is 2.35. The summed E-state index contributed by atoms with van der Waals surface area (Å²) >= 11 is 0. The number of rotatable bonds is 9. The normalized spacial score (nSPS) is 10.5. The maximum absolute atomic E-state index is 12.8. The minimum Gasteiger partial charge on any atom is -0.382 e. The molecule has 1 aromatic carbocycles. The molecule has 0 fully saturated rings. The molecule has 0 aliphatic rings. The van der Waals surface area contributed by atoms with Crippen molar-refractivity contribution in [2.75, 3.05) is 32.1 Å². The predicted molar refractivity (Wildman–Crippen MR) is 97.6 cm³/mol. The van der Waals surface area contributed by atoms with Crippen molar-refractivity contribution in [2.24, 2.45) is 0 Å². The lowest BCUT2D eigenvalue weighted by atomic mass is 10.1. The van der Waals surface area contributed by atoms with Gasteiger partial charge in [0.1, 0.15) is 6.54 Å². The Morgan fingerprint density at radius 2 is 2.04 bits per heavy atom. The first-order valence-electron chi connectivity index (χ1n) is 8.34. The molecule has 7 nitrogen and oxygen atoms in total. The molecule has 134 valence electrons. The Morgan fingerprint density at radius 3 is 2.72 bits per heavy atom. The minimum absolute atomic E-state index is 0.0598. The molecule has 0 saturated heterocycles. The van der Waals surface area contributed by atoms with Gasteiger partial charge in [-0.25, -0.2) is 4.98 Å². The molecule has 0 bridgehead atoms. The molecule has 0 aliphatic carbocycles. The third kappa shape index (κ3) is 5.15. The van der Waals surface area contributed by atoms with Crippen LogP contribution in [0, 0.1) is 0 Å². The fourth-order valence-electron chi connectivity index (χ4n) is 2.35. The van der Waals surface area contributed by atoms with Gasteiger partial charge in [-0.1, -0.05) is 30.3 Å². The smallest absolute Gasteiger partial charge is 0.294 e. The summed E-state index contributed by atoms with van der Waals surface area (Å²) in [5, 5.41) is 5.58. The highest BCUT2D eigenvalue weighted by Gasteiger charge is 2.14. The topological polar surface area (TPSA) is 85.2 Å². The molecular weight excluding hydrogens is 320 g/mol. The number of amides is 1. The van der Waals surface area contributed by atoms with Gasteiger partial charge in [0.25, 0.3) is 5.56 Å². The molecule has 0 aliphatic heterocycles. The summed E-state index contributed by atoms with van der Waals surface area (Å²) in [6.07, 6.45) is 2.38. The van der Waals surface area contributed by atoms with E-state index in [0.29, 0.717) is 25.5 Å². The van der Waals surface area contributed by atoms with Crippen LogP contribution in [0.3, 0.4) is 0 Å². The first kappa shape index (κ1) is 18.7. The van der Waals surface area contributed by atoms with E-state index in [1.807, 2.05) is 37.3 Å². The molecule has 1 aromatic heterocycles. The number of hydrogen-bond acceptors (Lipinski definition) is 5. The van der Waals surface area contributed by atoms with Crippen LogP contribution in [-0.2, 0) is 16.1 Å². The second kappa shape index (κ2) is 9.58. The van der Waals surface area contributed by atoms with E-state index in [1.54, 1.807) is 13.2 Å². The van der Waals surface area contributed by atoms with E-state index in [0.717, 1.165) is 12.0 Å². The average molecular weight is 344 g/mol. The molecule has 2 N–H and O–H groups in total. The highest BCUT2D eigenvalue weighted by molar-refractivity contribution is 5.76. The number of carbonyl (C=O) groups excluding carboxylic acids is 1. The van der Waals surface area contributed by atoms with Gasteiger partial charge >= 0.3 is 0 Å². The third-order valence-corrected chi connectivity index (χ3v) is 3.67. The summed E-state index contributed by atoms with van der Waals surface area (Å²) in [5.74, 6) is -0.00661. The van der Waals surface area contributed by atoms with Crippen LogP contribution in [0.15, 0.2) is 41.3 Å². The Balaban J connectivity index is 2.28. The SMILES string of the molecule is CCOCCCNc1ncc(-c2ccccc2)n(CC(=O)NC)c1=O. The standard InChI is InChI=1S/C18H24N4O3/c1-3-25-11-7-10-20-17-18(24)22(13-16(23)19-2)15(12-21-17)14-8-5-4-6-9-14/h4-6,8-9,12H,3,7,10-11,13H2,1-2H3,(H,19,23)(H,20,21). The number of benzene rings is 1. The second-order valence-electron chi connectivity index (χ2n) is 5.40. The molecule has 1 amide bonds. The highest BCUT2D eigenvalue weighted by Crippen LogP contribution is 2.17. The molecule has 0 atom stereocenters. The maximum Gasteiger partial charge on any atom is 0.294 e. The van der Waals surface area contributed by atoms with Crippen LogP contribution in [0.25, 0.3) is 11.3 Å². The lowest BCUT2D eigenvalue weighted by molar-refractivity contribution is -0.121. The monoisotopic (exact) mass is 344 g/mol. The largest absolute Gasteiger partial charge is 0.382 e. The first-order chi connectivity index (χ1) is 12.2. The molecule has 1 heterocycles. The number of likely N-dealkylation sites (N-methyl/N-ethyl adjacent to an activating group) is 1. The minimum atomic E-state index is -0.318. The molecule has 2 aromatic rings. The summed E-state index contributed by atoms with van der Waals surface area (Å²) in [6.45, 7) is 3.75. The van der Waals surface area contributed by atoms with Crippen molar-refractivity contribution in [3.63, 3.8) is 0 Å². The second-order valence-corrected chi connectivity index (χ2v) is 5.40. The number of aromatic nitrogens is 2. The van der Waals surface area contributed by atoms with Crippen molar-refractivity contribution in [1.29, 1.82) is 0 Å². The van der Waals surface area contributed by atoms with Gasteiger partial charge in [-0.15, -0.1) is 0 Å². The molecule has 0 spiro atoms. The van der Waals surface area contributed by atoms with Crippen molar-refractivity contribution in [2.45, 2.75) is 19.9 Å². The number of anilines is 1. The number of ether oxygens (including phenoxy) is 1. The molecular formula is C18H24N4O3. The molecule has 7 heteroatoms. The van der Waals surface area contributed by atoms with E-state index in [4.69, 9.17) is 4.74 Å². The van der Waals surface area contributed by atoms with Gasteiger partial charge in [0.05, 0.1) is 11.9 Å². The molecule has 0 saturated carbocycles. The molecule has 0 radical (unpaired) electrons. The Bertz CT molecular complexity index is 744. The van der Waals surface area contributed by atoms with Crippen molar-refractivity contribution < 1.29 is 9.53 Å². The van der Waals surface area contributed by atoms with E-state index in [2.05, 4.69) is 15.6 Å². The van der Waals surface area contributed by atoms with Gasteiger partial charge < -0.3 is 15.4 Å². The molecule has 2 rings (SSSR count). The van der Waals surface area contributed by atoms with E-state index < -0.39 is 0 Å². The van der Waals surface area contributed by atoms with E-state index in [1.165, 1.54) is 4.57 Å². The van der Waals surface area contributed by atoms with Crippen molar-refractivity contribution in [1.82, 2.24) is 14.9 Å². The van der Waals surface area contributed by atoms with Crippen LogP contribution in [0.5, 0.6) is 0 Å². The van der Waals surface area contributed by atoms with Crippen LogP contribution in [-0.4, -0.2) is 42.3 Å². The Labute approximate surface area is 147 Å². The van der Waals surface area contributed by atoms with Gasteiger partial charge in [0.2, 0.25) is 5.91 Å². The lowest BCUT2D eigenvalue weighted by Crippen LogP contribution is -2.33. The molecule has 25 heavy (non-hydrogen) atoms. The third-order valence-electron chi connectivity index (χ3n) is 3.67. The van der Waals surface area contributed by atoms with Crippen LogP contribution in [0.4, 0.5) is 5.82 Å². The average Bonchev–Trinajstić information content (AvgIpc) is 2.65. The summed E-state index contributed by atoms with van der Waals surface area (Å²) < 4.78 is 6.71. The highest BCUT2D eigenvalue weighted by atomic mass is 16.5. The number of hydrogen-bond donors (Lipinski definition) is 2. The number of carbonyl (C=O) groups is 1. The van der Waals surface area contributed by atoms with Crippen LogP contribution >= 0.6 is 0 Å². The van der Waals surface area contributed by atoms with Crippen LogP contribution in [0.1, 0.15) is 13.3 Å². The Kier molecular flexibility index (Phi) is 7.16. The van der Waals surface area contributed by atoms with E-state index >= 15 is 0 Å². The van der Waals surface area contributed by atoms with Crippen molar-refractivity contribution in [3.05, 3.63) is 46.9 Å².